The quantitative estimate of drug-likeness (QED) is 0.756. The lowest BCUT2D eigenvalue weighted by atomic mass is 10.2. The van der Waals surface area contributed by atoms with Gasteiger partial charge in [0.1, 0.15) is 17.8 Å². The first kappa shape index (κ1) is 13.2. The third kappa shape index (κ3) is 2.35. The van der Waals surface area contributed by atoms with Crippen LogP contribution < -0.4 is 5.32 Å². The number of hydrogen-bond donors (Lipinski definition) is 2. The highest BCUT2D eigenvalue weighted by atomic mass is 16.1. The molecule has 0 aliphatic heterocycles. The van der Waals surface area contributed by atoms with Crippen LogP contribution in [0.2, 0.25) is 0 Å². The minimum absolute atomic E-state index is 0.235. The molecule has 0 aromatic carbocycles. The predicted octanol–water partition coefficient (Wildman–Crippen LogP) is 2.53. The Hall–Kier alpha value is -2.76. The van der Waals surface area contributed by atoms with Crippen molar-refractivity contribution in [1.29, 1.82) is 0 Å². The van der Waals surface area contributed by atoms with Gasteiger partial charge in [0, 0.05) is 17.6 Å². The van der Waals surface area contributed by atoms with Crippen LogP contribution in [0.25, 0.3) is 11.0 Å². The first-order valence-electron chi connectivity index (χ1n) is 6.60. The van der Waals surface area contributed by atoms with Gasteiger partial charge in [-0.05, 0) is 38.5 Å². The molecular weight excluding hydrogens is 266 g/mol. The summed E-state index contributed by atoms with van der Waals surface area (Å²) in [6, 6.07) is 3.54. The standard InChI is InChI=1S/C15H15N5O/c1-8-4-5-11(6-16-8)15(21)20-14-12-9(2)10(3)19-13(12)17-7-18-14/h4-7H,1-3H3,(H2,17,18,19,20,21). The summed E-state index contributed by atoms with van der Waals surface area (Å²) >= 11 is 0. The van der Waals surface area contributed by atoms with Gasteiger partial charge in [-0.3, -0.25) is 9.78 Å². The SMILES string of the molecule is Cc1ccc(C(=O)Nc2ncnc3[nH]c(C)c(C)c23)cn1. The van der Waals surface area contributed by atoms with Gasteiger partial charge in [0.25, 0.3) is 5.91 Å². The number of aryl methyl sites for hydroxylation is 3. The van der Waals surface area contributed by atoms with Crippen molar-refractivity contribution >= 4 is 22.8 Å². The molecule has 6 heteroatoms. The molecule has 0 radical (unpaired) electrons. The average molecular weight is 281 g/mol. The zero-order valence-corrected chi connectivity index (χ0v) is 12.1. The molecule has 0 saturated heterocycles. The van der Waals surface area contributed by atoms with E-state index in [1.165, 1.54) is 6.33 Å². The summed E-state index contributed by atoms with van der Waals surface area (Å²) in [5.41, 5.74) is 4.13. The molecule has 6 nitrogen and oxygen atoms in total. The Kier molecular flexibility index (Phi) is 3.13. The monoisotopic (exact) mass is 281 g/mol. The first-order chi connectivity index (χ1) is 10.1. The normalized spacial score (nSPS) is 10.8. The number of nitrogens with zero attached hydrogens (tertiary/aromatic N) is 3. The van der Waals surface area contributed by atoms with Crippen LogP contribution in [-0.2, 0) is 0 Å². The fourth-order valence-corrected chi connectivity index (χ4v) is 2.17. The molecule has 0 aliphatic rings. The van der Waals surface area contributed by atoms with E-state index in [4.69, 9.17) is 0 Å². The maximum Gasteiger partial charge on any atom is 0.258 e. The molecule has 0 bridgehead atoms. The molecule has 3 aromatic rings. The third-order valence-electron chi connectivity index (χ3n) is 3.50. The molecule has 1 amide bonds. The van der Waals surface area contributed by atoms with Gasteiger partial charge in [-0.15, -0.1) is 0 Å². The van der Waals surface area contributed by atoms with E-state index in [0.717, 1.165) is 28.0 Å². The number of rotatable bonds is 2. The van der Waals surface area contributed by atoms with Crippen molar-refractivity contribution in [3.05, 3.63) is 47.2 Å². The highest BCUT2D eigenvalue weighted by molar-refractivity contribution is 6.07. The highest BCUT2D eigenvalue weighted by Gasteiger charge is 2.14. The maximum atomic E-state index is 12.3. The van der Waals surface area contributed by atoms with Gasteiger partial charge in [-0.2, -0.15) is 0 Å². The second-order valence-electron chi connectivity index (χ2n) is 4.96. The van der Waals surface area contributed by atoms with Crippen molar-refractivity contribution in [2.45, 2.75) is 20.8 Å². The summed E-state index contributed by atoms with van der Waals surface area (Å²) < 4.78 is 0. The summed E-state index contributed by atoms with van der Waals surface area (Å²) in [6.07, 6.45) is 2.99. The number of anilines is 1. The van der Waals surface area contributed by atoms with E-state index in [1.807, 2.05) is 20.8 Å². The summed E-state index contributed by atoms with van der Waals surface area (Å²) in [4.78, 5) is 27.9. The highest BCUT2D eigenvalue weighted by Crippen LogP contribution is 2.25. The maximum absolute atomic E-state index is 12.3. The molecule has 3 rings (SSSR count). The van der Waals surface area contributed by atoms with Crippen molar-refractivity contribution in [3.8, 4) is 0 Å². The Labute approximate surface area is 121 Å². The molecule has 0 unspecified atom stereocenters. The van der Waals surface area contributed by atoms with Crippen LogP contribution >= 0.6 is 0 Å². The second kappa shape index (κ2) is 4.97. The Morgan fingerprint density at radius 1 is 1.14 bits per heavy atom. The molecule has 3 heterocycles. The van der Waals surface area contributed by atoms with E-state index >= 15 is 0 Å². The van der Waals surface area contributed by atoms with Gasteiger partial charge in [-0.25, -0.2) is 9.97 Å². The second-order valence-corrected chi connectivity index (χ2v) is 4.96. The Bertz CT molecular complexity index is 820. The molecule has 0 spiro atoms. The first-order valence-corrected chi connectivity index (χ1v) is 6.60. The third-order valence-corrected chi connectivity index (χ3v) is 3.50. The number of aromatic amines is 1. The number of amides is 1. The van der Waals surface area contributed by atoms with E-state index in [0.29, 0.717) is 11.4 Å². The molecule has 0 fully saturated rings. The molecule has 2 N–H and O–H groups in total. The lowest BCUT2D eigenvalue weighted by Gasteiger charge is -2.06. The smallest absolute Gasteiger partial charge is 0.258 e. The number of nitrogens with one attached hydrogen (secondary N) is 2. The van der Waals surface area contributed by atoms with E-state index in [9.17, 15) is 4.79 Å². The van der Waals surface area contributed by atoms with Crippen molar-refractivity contribution < 1.29 is 4.79 Å². The number of carbonyl (C=O) groups excluding carboxylic acids is 1. The molecule has 21 heavy (non-hydrogen) atoms. The van der Waals surface area contributed by atoms with Gasteiger partial charge in [-0.1, -0.05) is 0 Å². The van der Waals surface area contributed by atoms with Crippen molar-refractivity contribution in [1.82, 2.24) is 19.9 Å². The lowest BCUT2D eigenvalue weighted by Crippen LogP contribution is -2.13. The molecule has 0 saturated carbocycles. The number of fused-ring (bicyclic) bond motifs is 1. The van der Waals surface area contributed by atoms with Gasteiger partial charge in [0.05, 0.1) is 10.9 Å². The molecular formula is C15H15N5O. The average Bonchev–Trinajstić information content (AvgIpc) is 2.76. The van der Waals surface area contributed by atoms with Crippen LogP contribution in [0.4, 0.5) is 5.82 Å². The summed E-state index contributed by atoms with van der Waals surface area (Å²) in [5, 5.41) is 3.66. The minimum atomic E-state index is -0.235. The van der Waals surface area contributed by atoms with Crippen LogP contribution in [0, 0.1) is 20.8 Å². The van der Waals surface area contributed by atoms with Gasteiger partial charge in [0.15, 0.2) is 0 Å². The van der Waals surface area contributed by atoms with E-state index in [-0.39, 0.29) is 5.91 Å². The predicted molar refractivity (Wildman–Crippen MR) is 80.3 cm³/mol. The molecule has 0 atom stereocenters. The number of carbonyl (C=O) groups is 1. The van der Waals surface area contributed by atoms with Crippen LogP contribution in [0.5, 0.6) is 0 Å². The molecule has 106 valence electrons. The van der Waals surface area contributed by atoms with E-state index in [1.54, 1.807) is 18.3 Å². The van der Waals surface area contributed by atoms with Crippen LogP contribution in [0.3, 0.4) is 0 Å². The van der Waals surface area contributed by atoms with Gasteiger partial charge in [0.2, 0.25) is 0 Å². The zero-order chi connectivity index (χ0) is 15.0. The summed E-state index contributed by atoms with van der Waals surface area (Å²) in [7, 11) is 0. The Balaban J connectivity index is 1.98. The lowest BCUT2D eigenvalue weighted by molar-refractivity contribution is 0.102. The minimum Gasteiger partial charge on any atom is -0.343 e. The number of H-pyrrole nitrogens is 1. The Morgan fingerprint density at radius 3 is 2.67 bits per heavy atom. The molecule has 3 aromatic heterocycles. The van der Waals surface area contributed by atoms with Crippen LogP contribution in [-0.4, -0.2) is 25.8 Å². The summed E-state index contributed by atoms with van der Waals surface area (Å²) in [5.74, 6) is 0.271. The van der Waals surface area contributed by atoms with Gasteiger partial charge < -0.3 is 10.3 Å². The van der Waals surface area contributed by atoms with E-state index in [2.05, 4.69) is 25.3 Å². The number of hydrogen-bond acceptors (Lipinski definition) is 4. The van der Waals surface area contributed by atoms with Crippen molar-refractivity contribution in [3.63, 3.8) is 0 Å². The topological polar surface area (TPSA) is 83.6 Å². The zero-order valence-electron chi connectivity index (χ0n) is 12.1. The van der Waals surface area contributed by atoms with E-state index < -0.39 is 0 Å². The molecule has 0 aliphatic carbocycles. The largest absolute Gasteiger partial charge is 0.343 e. The number of aromatic nitrogens is 4. The van der Waals surface area contributed by atoms with Crippen molar-refractivity contribution in [2.75, 3.05) is 5.32 Å². The Morgan fingerprint density at radius 2 is 1.95 bits per heavy atom. The fraction of sp³-hybridized carbons (Fsp3) is 0.200. The van der Waals surface area contributed by atoms with Crippen LogP contribution in [0.15, 0.2) is 24.7 Å². The fourth-order valence-electron chi connectivity index (χ4n) is 2.17. The summed E-state index contributed by atoms with van der Waals surface area (Å²) in [6.45, 7) is 5.81. The van der Waals surface area contributed by atoms with Crippen molar-refractivity contribution in [2.24, 2.45) is 0 Å². The van der Waals surface area contributed by atoms with Gasteiger partial charge >= 0.3 is 0 Å². The number of pyridine rings is 1. The van der Waals surface area contributed by atoms with Crippen LogP contribution in [0.1, 0.15) is 27.3 Å².